The van der Waals surface area contributed by atoms with Gasteiger partial charge >= 0.3 is 0 Å². The summed E-state index contributed by atoms with van der Waals surface area (Å²) in [5, 5.41) is 11.9. The minimum Gasteiger partial charge on any atom is -0.457 e. The number of non-ortho nitro benzene ring substituents is 1. The largest absolute Gasteiger partial charge is 0.457 e. The third kappa shape index (κ3) is 4.29. The number of rotatable bonds is 5. The molecular weight excluding hydrogens is 437 g/mol. The van der Waals surface area contributed by atoms with Crippen molar-refractivity contribution in [2.45, 2.75) is 39.8 Å². The molecule has 0 amide bonds. The van der Waals surface area contributed by atoms with Crippen molar-refractivity contribution in [1.82, 2.24) is 4.98 Å². The van der Waals surface area contributed by atoms with Gasteiger partial charge in [-0.25, -0.2) is 4.74 Å². The third-order valence-corrected chi connectivity index (χ3v) is 9.03. The number of furan rings is 1. The molecule has 2 aromatic heterocycles. The fraction of sp³-hybridized carbons (Fsp3) is 0.240. The number of aromatic nitrogens is 1. The van der Waals surface area contributed by atoms with Crippen LogP contribution >= 0.6 is 7.28 Å². The normalized spacial score (nSPS) is 13.5. The number of para-hydroxylation sites is 1. The Morgan fingerprint density at radius 2 is 1.82 bits per heavy atom. The topological polar surface area (TPSA) is 90.8 Å². The van der Waals surface area contributed by atoms with Gasteiger partial charge in [-0.2, -0.15) is 0 Å². The molecule has 2 heterocycles. The van der Waals surface area contributed by atoms with Crippen LogP contribution in [0.25, 0.3) is 10.9 Å². The van der Waals surface area contributed by atoms with Crippen LogP contribution in [0.4, 0.5) is 11.4 Å². The summed E-state index contributed by atoms with van der Waals surface area (Å²) < 4.78 is 18.1. The third-order valence-electron chi connectivity index (χ3n) is 5.41. The molecule has 33 heavy (non-hydrogen) atoms. The second kappa shape index (κ2) is 8.49. The lowest BCUT2D eigenvalue weighted by Crippen LogP contribution is -2.26. The first-order chi connectivity index (χ1) is 15.6. The lowest BCUT2D eigenvalue weighted by molar-refractivity contribution is -0.384. The maximum Gasteiger partial charge on any atom is 0.271 e. The second-order valence-corrected chi connectivity index (χ2v) is 12.2. The van der Waals surface area contributed by atoms with E-state index in [9.17, 15) is 10.1 Å². The van der Waals surface area contributed by atoms with Gasteiger partial charge in [-0.15, -0.1) is 0 Å². The molecule has 0 aliphatic rings. The van der Waals surface area contributed by atoms with Crippen LogP contribution in [0.1, 0.15) is 32.1 Å². The number of benzene rings is 2. The van der Waals surface area contributed by atoms with Gasteiger partial charge in [0.05, 0.1) is 10.6 Å². The average Bonchev–Trinajstić information content (AvgIpc) is 3.20. The van der Waals surface area contributed by atoms with Crippen LogP contribution in [0.15, 0.2) is 76.0 Å². The Kier molecular flexibility index (Phi) is 5.85. The molecule has 0 radical (unpaired) electrons. The number of nitro benzene ring substituents is 1. The lowest BCUT2D eigenvalue weighted by Gasteiger charge is -2.35. The summed E-state index contributed by atoms with van der Waals surface area (Å²) in [5.74, 6) is 1.33. The van der Waals surface area contributed by atoms with Gasteiger partial charge in [0, 0.05) is 28.9 Å². The van der Waals surface area contributed by atoms with Crippen molar-refractivity contribution in [2.24, 2.45) is 4.74 Å². The Hall–Kier alpha value is -3.44. The summed E-state index contributed by atoms with van der Waals surface area (Å²) in [4.78, 5) is 15.6. The number of nitrogens with zero attached hydrogens (tertiary/aromatic N) is 3. The van der Waals surface area contributed by atoms with Gasteiger partial charge < -0.3 is 8.94 Å². The highest BCUT2D eigenvalue weighted by Gasteiger charge is 2.42. The van der Waals surface area contributed by atoms with Gasteiger partial charge in [0.25, 0.3) is 5.69 Å². The zero-order valence-corrected chi connectivity index (χ0v) is 20.2. The molecule has 0 saturated heterocycles. The molecule has 4 rings (SSSR count). The molecule has 4 aromatic rings. The van der Waals surface area contributed by atoms with Crippen LogP contribution in [-0.2, 0) is 0 Å². The fourth-order valence-corrected chi connectivity index (χ4v) is 6.54. The first kappa shape index (κ1) is 22.7. The van der Waals surface area contributed by atoms with Crippen molar-refractivity contribution in [1.29, 1.82) is 0 Å². The molecule has 0 fully saturated rings. The maximum absolute atomic E-state index is 11.5. The zero-order chi connectivity index (χ0) is 23.8. The van der Waals surface area contributed by atoms with E-state index in [4.69, 9.17) is 13.7 Å². The number of aryl methyl sites for hydroxylation is 2. The summed E-state index contributed by atoms with van der Waals surface area (Å²) in [7, 11) is -2.94. The van der Waals surface area contributed by atoms with E-state index in [-0.39, 0.29) is 5.69 Å². The Morgan fingerprint density at radius 3 is 2.48 bits per heavy atom. The first-order valence-electron chi connectivity index (χ1n) is 10.6. The van der Waals surface area contributed by atoms with Crippen LogP contribution in [0, 0.1) is 24.0 Å². The minimum atomic E-state index is -2.94. The van der Waals surface area contributed by atoms with Crippen LogP contribution in [0.5, 0.6) is 5.75 Å². The smallest absolute Gasteiger partial charge is 0.271 e. The molecule has 0 aliphatic carbocycles. The fourth-order valence-electron chi connectivity index (χ4n) is 3.58. The van der Waals surface area contributed by atoms with E-state index in [1.807, 2.05) is 77.1 Å². The number of hydrogen-bond donors (Lipinski definition) is 0. The Balaban J connectivity index is 2.05. The number of pyridine rings is 1. The standard InChI is InChI=1S/C25H26N3O4P/c1-17-11-13-20(28(29)30)16-21(17)27-33(25(3,4)5,23-14-12-18(2)31-23)32-22-10-6-8-19-9-7-15-26-24(19)22/h6-16H,1-5H3/t33-/m1/s1. The van der Waals surface area contributed by atoms with Crippen molar-refractivity contribution in [3.63, 3.8) is 0 Å². The Bertz CT molecular complexity index is 1400. The van der Waals surface area contributed by atoms with Gasteiger partial charge in [0.2, 0.25) is 7.28 Å². The van der Waals surface area contributed by atoms with Crippen LogP contribution in [0.3, 0.4) is 0 Å². The quantitative estimate of drug-likeness (QED) is 0.176. The molecule has 7 nitrogen and oxygen atoms in total. The van der Waals surface area contributed by atoms with Crippen molar-refractivity contribution >= 4 is 35.1 Å². The molecule has 0 saturated carbocycles. The number of nitro groups is 1. The number of hydrogen-bond acceptors (Lipinski definition) is 6. The molecule has 1 atom stereocenters. The molecule has 8 heteroatoms. The summed E-state index contributed by atoms with van der Waals surface area (Å²) in [5.41, 5.74) is 2.65. The molecular formula is C25H26N3O4P. The Labute approximate surface area is 192 Å². The molecule has 170 valence electrons. The molecule has 0 unspecified atom stereocenters. The van der Waals surface area contributed by atoms with Gasteiger partial charge in [-0.3, -0.25) is 15.1 Å². The van der Waals surface area contributed by atoms with Gasteiger partial charge in [0.1, 0.15) is 11.3 Å². The monoisotopic (exact) mass is 463 g/mol. The predicted octanol–water partition coefficient (Wildman–Crippen LogP) is 7.30. The predicted molar refractivity (Wildman–Crippen MR) is 132 cm³/mol. The van der Waals surface area contributed by atoms with Gasteiger partial charge in [-0.05, 0) is 43.7 Å². The molecule has 2 aromatic carbocycles. The van der Waals surface area contributed by atoms with E-state index < -0.39 is 17.4 Å². The van der Waals surface area contributed by atoms with Gasteiger partial charge in [0.15, 0.2) is 11.3 Å². The molecule has 0 spiro atoms. The first-order valence-corrected chi connectivity index (χ1v) is 12.2. The maximum atomic E-state index is 11.5. The molecule has 0 N–H and O–H groups in total. The summed E-state index contributed by atoms with van der Waals surface area (Å²) in [6.07, 6.45) is 1.73. The van der Waals surface area contributed by atoms with E-state index in [0.717, 1.165) is 22.2 Å². The summed E-state index contributed by atoms with van der Waals surface area (Å²) >= 11 is 0. The number of fused-ring (bicyclic) bond motifs is 1. The van der Waals surface area contributed by atoms with Crippen molar-refractivity contribution < 1.29 is 13.9 Å². The molecule has 0 aliphatic heterocycles. The average molecular weight is 463 g/mol. The lowest BCUT2D eigenvalue weighted by atomic mass is 10.2. The summed E-state index contributed by atoms with van der Waals surface area (Å²) in [6, 6.07) is 18.1. The van der Waals surface area contributed by atoms with Crippen molar-refractivity contribution in [3.8, 4) is 5.75 Å². The van der Waals surface area contributed by atoms with Crippen LogP contribution in [-0.4, -0.2) is 15.1 Å². The highest BCUT2D eigenvalue weighted by atomic mass is 31.2. The van der Waals surface area contributed by atoms with E-state index >= 15 is 0 Å². The van der Waals surface area contributed by atoms with Crippen molar-refractivity contribution in [3.05, 3.63) is 88.3 Å². The van der Waals surface area contributed by atoms with Crippen LogP contribution < -0.4 is 10.0 Å². The van der Waals surface area contributed by atoms with Crippen molar-refractivity contribution in [2.75, 3.05) is 0 Å². The van der Waals surface area contributed by atoms with Crippen LogP contribution in [0.2, 0.25) is 0 Å². The van der Waals surface area contributed by atoms with E-state index in [1.54, 1.807) is 12.3 Å². The van der Waals surface area contributed by atoms with E-state index in [1.165, 1.54) is 12.1 Å². The second-order valence-electron chi connectivity index (χ2n) is 8.88. The highest BCUT2D eigenvalue weighted by molar-refractivity contribution is 7.70. The SMILES string of the molecule is Cc1ccc([P@@](=Nc2cc([N+](=O)[O-])ccc2C)(Oc2cccc3cccnc23)C(C)(C)C)o1. The molecule has 0 bridgehead atoms. The zero-order valence-electron chi connectivity index (χ0n) is 19.3. The minimum absolute atomic E-state index is 0.0196. The highest BCUT2D eigenvalue weighted by Crippen LogP contribution is 2.63. The van der Waals surface area contributed by atoms with E-state index in [0.29, 0.717) is 16.9 Å². The Morgan fingerprint density at radius 1 is 1.06 bits per heavy atom. The summed E-state index contributed by atoms with van der Waals surface area (Å²) in [6.45, 7) is 9.90. The van der Waals surface area contributed by atoms with E-state index in [2.05, 4.69) is 4.98 Å². The van der Waals surface area contributed by atoms with Gasteiger partial charge in [-0.1, -0.05) is 45.0 Å².